The molecule has 40 heavy (non-hydrogen) atoms. The van der Waals surface area contributed by atoms with Crippen molar-refractivity contribution in [3.05, 3.63) is 30.1 Å². The second kappa shape index (κ2) is 15.2. The quantitative estimate of drug-likeness (QED) is 0.445. The molecule has 0 radical (unpaired) electrons. The Morgan fingerprint density at radius 2 is 1.57 bits per heavy atom. The van der Waals surface area contributed by atoms with Gasteiger partial charge in [0.2, 0.25) is 5.91 Å². The van der Waals surface area contributed by atoms with Crippen molar-refractivity contribution in [1.29, 1.82) is 0 Å². The Hall–Kier alpha value is -2.94. The summed E-state index contributed by atoms with van der Waals surface area (Å²) in [6, 6.07) is 6.63. The van der Waals surface area contributed by atoms with Gasteiger partial charge in [-0.3, -0.25) is 14.7 Å². The summed E-state index contributed by atoms with van der Waals surface area (Å²) in [5, 5.41) is 17.3. The molecule has 0 spiro atoms. The van der Waals surface area contributed by atoms with Crippen molar-refractivity contribution in [2.75, 3.05) is 19.6 Å². The van der Waals surface area contributed by atoms with E-state index in [2.05, 4.69) is 15.2 Å². The summed E-state index contributed by atoms with van der Waals surface area (Å²) in [7, 11) is 0. The van der Waals surface area contributed by atoms with Gasteiger partial charge in [-0.1, -0.05) is 25.3 Å². The van der Waals surface area contributed by atoms with E-state index in [1.165, 1.54) is 45.1 Å². The topological polar surface area (TPSA) is 129 Å². The average molecular weight is 586 g/mol. The maximum Gasteiger partial charge on any atom is 0.490 e. The van der Waals surface area contributed by atoms with Crippen LogP contribution in [-0.4, -0.2) is 88.2 Å². The number of carboxylic acid groups (broad SMARTS) is 2. The van der Waals surface area contributed by atoms with E-state index in [-0.39, 0.29) is 18.1 Å². The molecule has 3 atom stereocenters. The number of aromatic nitrogens is 1. The highest BCUT2D eigenvalue weighted by Crippen LogP contribution is 2.35. The highest BCUT2D eigenvalue weighted by atomic mass is 19.4. The number of amides is 1. The van der Waals surface area contributed by atoms with Gasteiger partial charge in [-0.2, -0.15) is 26.3 Å². The molecule has 2 aliphatic heterocycles. The monoisotopic (exact) mass is 585 g/mol. The molecule has 0 bridgehead atoms. The van der Waals surface area contributed by atoms with E-state index in [4.69, 9.17) is 24.5 Å². The lowest BCUT2D eigenvalue weighted by Crippen LogP contribution is -2.48. The molecule has 9 nitrogen and oxygen atoms in total. The van der Waals surface area contributed by atoms with Crippen molar-refractivity contribution in [2.45, 2.75) is 82.0 Å². The highest BCUT2D eigenvalue weighted by molar-refractivity contribution is 5.81. The molecule has 1 aliphatic carbocycles. The average Bonchev–Trinajstić information content (AvgIpc) is 3.33. The third kappa shape index (κ3) is 11.3. The van der Waals surface area contributed by atoms with E-state index in [0.29, 0.717) is 12.5 Å². The smallest absolute Gasteiger partial charge is 0.475 e. The van der Waals surface area contributed by atoms with Crippen LogP contribution in [0.25, 0.3) is 0 Å². The zero-order valence-corrected chi connectivity index (χ0v) is 21.6. The Kier molecular flexibility index (Phi) is 12.6. The Labute approximate surface area is 226 Å². The summed E-state index contributed by atoms with van der Waals surface area (Å²) < 4.78 is 69.7. The molecular weight excluding hydrogens is 552 g/mol. The van der Waals surface area contributed by atoms with Crippen LogP contribution < -0.4 is 5.32 Å². The standard InChI is InChI=1S/C21H31N3O2.2C2HF3O2/c25-21(23-12-9-17-6-4-5-11-22-17)19-14-16-10-13-24(15-20(16)26-19)18-7-2-1-3-8-18;2*3-2(4,5)1(6)7/h4-6,11,16,18-20H,1-3,7-10,12-15H2,(H,23,25);2*(H,6,7)/t16-,19-,20+;;/m0../s1. The molecule has 2 saturated heterocycles. The van der Waals surface area contributed by atoms with E-state index in [9.17, 15) is 31.1 Å². The van der Waals surface area contributed by atoms with E-state index in [0.717, 1.165) is 31.1 Å². The summed E-state index contributed by atoms with van der Waals surface area (Å²) in [5.41, 5.74) is 1.01. The molecule has 15 heteroatoms. The number of aliphatic carboxylic acids is 2. The van der Waals surface area contributed by atoms with Crippen LogP contribution in [0.2, 0.25) is 0 Å². The maximum absolute atomic E-state index is 12.5. The highest BCUT2D eigenvalue weighted by Gasteiger charge is 2.43. The number of nitrogens with one attached hydrogen (secondary N) is 1. The molecule has 3 N–H and O–H groups in total. The van der Waals surface area contributed by atoms with Gasteiger partial charge in [-0.25, -0.2) is 9.59 Å². The number of pyridine rings is 1. The van der Waals surface area contributed by atoms with E-state index < -0.39 is 24.3 Å². The number of rotatable bonds is 5. The number of carbonyl (C=O) groups is 3. The zero-order valence-electron chi connectivity index (χ0n) is 21.6. The summed E-state index contributed by atoms with van der Waals surface area (Å²) in [6.07, 6.45) is 1.27. The molecule has 3 heterocycles. The fourth-order valence-electron chi connectivity index (χ4n) is 4.87. The number of ether oxygens (including phenoxy) is 1. The fraction of sp³-hybridized carbons (Fsp3) is 0.680. The predicted molar refractivity (Wildman–Crippen MR) is 128 cm³/mol. The van der Waals surface area contributed by atoms with Gasteiger partial charge in [-0.15, -0.1) is 0 Å². The van der Waals surface area contributed by atoms with Gasteiger partial charge in [0.05, 0.1) is 6.10 Å². The number of alkyl halides is 6. The molecule has 226 valence electrons. The third-order valence-electron chi connectivity index (χ3n) is 6.86. The normalized spacial score (nSPS) is 23.5. The minimum atomic E-state index is -5.08. The second-order valence-corrected chi connectivity index (χ2v) is 9.70. The first-order valence-electron chi connectivity index (χ1n) is 12.9. The SMILES string of the molecule is O=C(NCCc1ccccn1)[C@@H]1C[C@@H]2CCN(C3CCCCC3)C[C@H]2O1.O=C(O)C(F)(F)F.O=C(O)C(F)(F)F. The van der Waals surface area contributed by atoms with Crippen molar-refractivity contribution in [3.8, 4) is 0 Å². The Bertz CT molecular complexity index is 933. The lowest BCUT2D eigenvalue weighted by Gasteiger charge is -2.40. The number of carboxylic acids is 2. The number of fused-ring (bicyclic) bond motifs is 1. The molecule has 4 rings (SSSR count). The van der Waals surface area contributed by atoms with Gasteiger partial charge in [0, 0.05) is 37.4 Å². The van der Waals surface area contributed by atoms with Gasteiger partial charge in [-0.05, 0) is 50.3 Å². The molecule has 0 unspecified atom stereocenters. The largest absolute Gasteiger partial charge is 0.490 e. The first kappa shape index (κ1) is 33.3. The zero-order chi connectivity index (χ0) is 29.9. The summed E-state index contributed by atoms with van der Waals surface area (Å²) >= 11 is 0. The van der Waals surface area contributed by atoms with Crippen LogP contribution in [0.3, 0.4) is 0 Å². The van der Waals surface area contributed by atoms with Crippen molar-refractivity contribution in [3.63, 3.8) is 0 Å². The van der Waals surface area contributed by atoms with Gasteiger partial charge in [0.1, 0.15) is 6.10 Å². The van der Waals surface area contributed by atoms with Crippen molar-refractivity contribution in [1.82, 2.24) is 15.2 Å². The fourth-order valence-corrected chi connectivity index (χ4v) is 4.87. The minimum absolute atomic E-state index is 0.0551. The lowest BCUT2D eigenvalue weighted by molar-refractivity contribution is -0.193. The maximum atomic E-state index is 12.5. The Morgan fingerprint density at radius 3 is 2.10 bits per heavy atom. The Balaban J connectivity index is 0.000000333. The van der Waals surface area contributed by atoms with Crippen molar-refractivity contribution in [2.24, 2.45) is 5.92 Å². The number of piperidine rings is 1. The Morgan fingerprint density at radius 1 is 0.975 bits per heavy atom. The van der Waals surface area contributed by atoms with E-state index >= 15 is 0 Å². The van der Waals surface area contributed by atoms with Crippen LogP contribution in [0.5, 0.6) is 0 Å². The minimum Gasteiger partial charge on any atom is -0.475 e. The summed E-state index contributed by atoms with van der Waals surface area (Å²) in [4.78, 5) is 37.2. The van der Waals surface area contributed by atoms with Crippen molar-refractivity contribution < 1.29 is 55.7 Å². The number of carbonyl (C=O) groups excluding carboxylic acids is 1. The number of hydrogen-bond donors (Lipinski definition) is 3. The van der Waals surface area contributed by atoms with Crippen LogP contribution in [0, 0.1) is 5.92 Å². The first-order valence-corrected chi connectivity index (χ1v) is 12.9. The van der Waals surface area contributed by atoms with E-state index in [1.807, 2.05) is 18.2 Å². The molecule has 1 saturated carbocycles. The molecule has 1 amide bonds. The number of hydrogen-bond acceptors (Lipinski definition) is 6. The summed E-state index contributed by atoms with van der Waals surface area (Å²) in [6.45, 7) is 2.83. The molecular formula is C25H33F6N3O6. The van der Waals surface area contributed by atoms with Gasteiger partial charge in [0.25, 0.3) is 0 Å². The molecule has 0 aromatic carbocycles. The van der Waals surface area contributed by atoms with Crippen LogP contribution >= 0.6 is 0 Å². The molecule has 3 aliphatic rings. The van der Waals surface area contributed by atoms with Crippen LogP contribution in [0.4, 0.5) is 26.3 Å². The van der Waals surface area contributed by atoms with Crippen LogP contribution in [-0.2, 0) is 25.5 Å². The van der Waals surface area contributed by atoms with Gasteiger partial charge in [0.15, 0.2) is 0 Å². The lowest BCUT2D eigenvalue weighted by atomic mass is 9.88. The number of nitrogens with zero attached hydrogens (tertiary/aromatic N) is 2. The first-order chi connectivity index (χ1) is 18.7. The number of halogens is 6. The van der Waals surface area contributed by atoms with Gasteiger partial charge >= 0.3 is 24.3 Å². The van der Waals surface area contributed by atoms with Crippen LogP contribution in [0.15, 0.2) is 24.4 Å². The van der Waals surface area contributed by atoms with Gasteiger partial charge < -0.3 is 20.3 Å². The number of likely N-dealkylation sites (tertiary alicyclic amines) is 1. The molecule has 1 aromatic heterocycles. The van der Waals surface area contributed by atoms with E-state index in [1.54, 1.807) is 6.20 Å². The third-order valence-corrected chi connectivity index (χ3v) is 6.86. The van der Waals surface area contributed by atoms with Crippen LogP contribution in [0.1, 0.15) is 50.6 Å². The molecule has 1 aromatic rings. The van der Waals surface area contributed by atoms with Crippen molar-refractivity contribution >= 4 is 17.8 Å². The predicted octanol–water partition coefficient (Wildman–Crippen LogP) is 3.82. The second-order valence-electron chi connectivity index (χ2n) is 9.70. The molecule has 3 fully saturated rings. The summed E-state index contributed by atoms with van der Waals surface area (Å²) in [5.74, 6) is -4.90.